The van der Waals surface area contributed by atoms with E-state index in [4.69, 9.17) is 5.11 Å². The second kappa shape index (κ2) is 3.76. The topological polar surface area (TPSA) is 66.0 Å². The second-order valence-corrected chi connectivity index (χ2v) is 2.78. The second-order valence-electron chi connectivity index (χ2n) is 2.78. The van der Waals surface area contributed by atoms with Crippen LogP contribution >= 0.6 is 0 Å². The highest BCUT2D eigenvalue weighted by atomic mass is 19.4. The summed E-state index contributed by atoms with van der Waals surface area (Å²) in [5.41, 5.74) is -1.21. The summed E-state index contributed by atoms with van der Waals surface area (Å²) in [5.74, 6) is -1.32. The summed E-state index contributed by atoms with van der Waals surface area (Å²) in [6.45, 7) is 1.38. The van der Waals surface area contributed by atoms with Crippen molar-refractivity contribution in [1.82, 2.24) is 10.2 Å². The molecule has 1 rings (SSSR count). The highest BCUT2D eigenvalue weighted by Crippen LogP contribution is 2.31. The molecule has 7 heteroatoms. The Morgan fingerprint density at radius 3 is 2.60 bits per heavy atom. The van der Waals surface area contributed by atoms with E-state index in [1.54, 1.807) is 0 Å². The summed E-state index contributed by atoms with van der Waals surface area (Å²) in [4.78, 5) is 10.2. The maximum atomic E-state index is 12.3. The highest BCUT2D eigenvalue weighted by molar-refractivity contribution is 5.85. The van der Waals surface area contributed by atoms with Crippen LogP contribution < -0.4 is 0 Å². The summed E-state index contributed by atoms with van der Waals surface area (Å²) in [5, 5.41) is 13.5. The minimum absolute atomic E-state index is 0.167. The number of rotatable bonds is 2. The first kappa shape index (κ1) is 11.3. The first-order chi connectivity index (χ1) is 6.82. The third-order valence-electron chi connectivity index (χ3n) is 1.66. The van der Waals surface area contributed by atoms with Crippen LogP contribution in [-0.2, 0) is 11.0 Å². The van der Waals surface area contributed by atoms with Gasteiger partial charge in [0.25, 0.3) is 0 Å². The molecule has 82 valence electrons. The highest BCUT2D eigenvalue weighted by Gasteiger charge is 2.36. The SMILES string of the molecule is Cc1[nH]nc(C(F)(F)F)c1C=CC(=O)O. The van der Waals surface area contributed by atoms with E-state index in [1.807, 2.05) is 0 Å². The van der Waals surface area contributed by atoms with Crippen LogP contribution in [0.2, 0.25) is 0 Å². The normalized spacial score (nSPS) is 12.3. The number of aromatic nitrogens is 2. The number of carboxylic acid groups (broad SMARTS) is 1. The Hall–Kier alpha value is -1.79. The molecule has 0 unspecified atom stereocenters. The average molecular weight is 220 g/mol. The van der Waals surface area contributed by atoms with E-state index >= 15 is 0 Å². The van der Waals surface area contributed by atoms with E-state index < -0.39 is 17.8 Å². The molecule has 2 N–H and O–H groups in total. The molecule has 0 atom stereocenters. The molecule has 0 spiro atoms. The van der Waals surface area contributed by atoms with Gasteiger partial charge in [0.2, 0.25) is 0 Å². The van der Waals surface area contributed by atoms with Gasteiger partial charge in [-0.3, -0.25) is 5.10 Å². The van der Waals surface area contributed by atoms with Gasteiger partial charge in [0.05, 0.1) is 0 Å². The predicted octanol–water partition coefficient (Wildman–Crippen LogP) is 1.83. The number of H-pyrrole nitrogens is 1. The molecule has 0 aliphatic rings. The fraction of sp³-hybridized carbons (Fsp3) is 0.250. The van der Waals surface area contributed by atoms with Gasteiger partial charge in [0.1, 0.15) is 0 Å². The predicted molar refractivity (Wildman–Crippen MR) is 45.0 cm³/mol. The van der Waals surface area contributed by atoms with Crippen LogP contribution in [0.5, 0.6) is 0 Å². The average Bonchev–Trinajstić information content (AvgIpc) is 2.42. The molecule has 1 aromatic heterocycles. The van der Waals surface area contributed by atoms with Crippen LogP contribution in [0.25, 0.3) is 6.08 Å². The summed E-state index contributed by atoms with van der Waals surface area (Å²) < 4.78 is 37.0. The number of hydrogen-bond donors (Lipinski definition) is 2. The number of carboxylic acids is 1. The Balaban J connectivity index is 3.16. The molecular formula is C8H7F3N2O2. The molecule has 0 radical (unpaired) electrons. The van der Waals surface area contributed by atoms with Crippen molar-refractivity contribution in [2.45, 2.75) is 13.1 Å². The van der Waals surface area contributed by atoms with E-state index in [2.05, 4.69) is 10.2 Å². The zero-order valence-electron chi connectivity index (χ0n) is 7.59. The molecule has 0 aliphatic carbocycles. The van der Waals surface area contributed by atoms with Gasteiger partial charge in [-0.05, 0) is 13.0 Å². The Labute approximate surface area is 82.4 Å². The number of nitrogens with one attached hydrogen (secondary N) is 1. The summed E-state index contributed by atoms with van der Waals surface area (Å²) in [6.07, 6.45) is -3.10. The molecule has 15 heavy (non-hydrogen) atoms. The molecule has 0 fully saturated rings. The van der Waals surface area contributed by atoms with Crippen LogP contribution in [0.4, 0.5) is 13.2 Å². The minimum Gasteiger partial charge on any atom is -0.478 e. The molecule has 0 saturated heterocycles. The van der Waals surface area contributed by atoms with E-state index in [1.165, 1.54) is 6.92 Å². The third kappa shape index (κ3) is 2.58. The molecule has 1 heterocycles. The zero-order chi connectivity index (χ0) is 11.6. The van der Waals surface area contributed by atoms with Crippen molar-refractivity contribution in [2.75, 3.05) is 0 Å². The number of alkyl halides is 3. The van der Waals surface area contributed by atoms with Gasteiger partial charge in [-0.15, -0.1) is 0 Å². The summed E-state index contributed by atoms with van der Waals surface area (Å²) >= 11 is 0. The van der Waals surface area contributed by atoms with Crippen LogP contribution in [0.15, 0.2) is 6.08 Å². The largest absolute Gasteiger partial charge is 0.478 e. The lowest BCUT2D eigenvalue weighted by atomic mass is 10.1. The molecule has 0 aliphatic heterocycles. The van der Waals surface area contributed by atoms with E-state index in [0.29, 0.717) is 6.08 Å². The molecule has 0 amide bonds. The number of nitrogens with zero attached hydrogens (tertiary/aromatic N) is 1. The molecule has 0 saturated carbocycles. The number of halogens is 3. The van der Waals surface area contributed by atoms with E-state index in [9.17, 15) is 18.0 Å². The maximum Gasteiger partial charge on any atom is 0.435 e. The van der Waals surface area contributed by atoms with Gasteiger partial charge in [0.15, 0.2) is 5.69 Å². The lowest BCUT2D eigenvalue weighted by Gasteiger charge is -2.02. The van der Waals surface area contributed by atoms with Crippen molar-refractivity contribution in [3.05, 3.63) is 23.0 Å². The Morgan fingerprint density at radius 2 is 2.13 bits per heavy atom. The first-order valence-electron chi connectivity index (χ1n) is 3.85. The van der Waals surface area contributed by atoms with Gasteiger partial charge in [-0.25, -0.2) is 4.79 Å². The fourth-order valence-electron chi connectivity index (χ4n) is 1.01. The van der Waals surface area contributed by atoms with Crippen molar-refractivity contribution < 1.29 is 23.1 Å². The van der Waals surface area contributed by atoms with Gasteiger partial charge in [-0.1, -0.05) is 0 Å². The zero-order valence-corrected chi connectivity index (χ0v) is 7.59. The molecule has 4 nitrogen and oxygen atoms in total. The van der Waals surface area contributed by atoms with Gasteiger partial charge >= 0.3 is 12.1 Å². The minimum atomic E-state index is -4.59. The van der Waals surface area contributed by atoms with Crippen molar-refractivity contribution in [3.8, 4) is 0 Å². The maximum absolute atomic E-state index is 12.3. The Bertz CT molecular complexity index is 407. The number of aliphatic carboxylic acids is 1. The van der Waals surface area contributed by atoms with Gasteiger partial charge < -0.3 is 5.11 Å². The Kier molecular flexibility index (Phi) is 2.83. The first-order valence-corrected chi connectivity index (χ1v) is 3.85. The monoisotopic (exact) mass is 220 g/mol. The van der Waals surface area contributed by atoms with Crippen molar-refractivity contribution in [3.63, 3.8) is 0 Å². The molecule has 1 aromatic rings. The summed E-state index contributed by atoms with van der Waals surface area (Å²) in [7, 11) is 0. The van der Waals surface area contributed by atoms with Crippen LogP contribution in [0.1, 0.15) is 17.0 Å². The standard InChI is InChI=1S/C8H7F3N2O2/c1-4-5(2-3-6(14)15)7(13-12-4)8(9,10)11/h2-3H,1H3,(H,12,13)(H,14,15). The van der Waals surface area contributed by atoms with Gasteiger partial charge in [-0.2, -0.15) is 18.3 Å². The van der Waals surface area contributed by atoms with Crippen molar-refractivity contribution in [1.29, 1.82) is 0 Å². The van der Waals surface area contributed by atoms with E-state index in [0.717, 1.165) is 6.08 Å². The van der Waals surface area contributed by atoms with Crippen LogP contribution in [0.3, 0.4) is 0 Å². The molecule has 0 bridgehead atoms. The fourth-order valence-corrected chi connectivity index (χ4v) is 1.01. The Morgan fingerprint density at radius 1 is 1.53 bits per heavy atom. The van der Waals surface area contributed by atoms with Crippen LogP contribution in [-0.4, -0.2) is 21.3 Å². The molecule has 0 aromatic carbocycles. The number of hydrogen-bond acceptors (Lipinski definition) is 2. The van der Waals surface area contributed by atoms with E-state index in [-0.39, 0.29) is 11.3 Å². The smallest absolute Gasteiger partial charge is 0.435 e. The van der Waals surface area contributed by atoms with Crippen LogP contribution in [0, 0.1) is 6.92 Å². The number of aryl methyl sites for hydroxylation is 1. The lowest BCUT2D eigenvalue weighted by Crippen LogP contribution is -2.07. The number of aromatic amines is 1. The van der Waals surface area contributed by atoms with Crippen molar-refractivity contribution in [2.24, 2.45) is 0 Å². The third-order valence-corrected chi connectivity index (χ3v) is 1.66. The molecular weight excluding hydrogens is 213 g/mol. The number of carbonyl (C=O) groups is 1. The summed E-state index contributed by atoms with van der Waals surface area (Å²) in [6, 6.07) is 0. The lowest BCUT2D eigenvalue weighted by molar-refractivity contribution is -0.141. The van der Waals surface area contributed by atoms with Gasteiger partial charge in [0, 0.05) is 17.3 Å². The quantitative estimate of drug-likeness (QED) is 0.747. The van der Waals surface area contributed by atoms with Crippen molar-refractivity contribution >= 4 is 12.0 Å².